The highest BCUT2D eigenvalue weighted by atomic mass is 16.5. The summed E-state index contributed by atoms with van der Waals surface area (Å²) in [6, 6.07) is 15.2. The van der Waals surface area contributed by atoms with Gasteiger partial charge in [0.05, 0.1) is 7.11 Å². The maximum atomic E-state index is 10.6. The SMILES string of the molecule is COc1ccccc1OCc1cccc(CCC(=O)O)c1. The van der Waals surface area contributed by atoms with Crippen LogP contribution in [0.5, 0.6) is 11.5 Å². The minimum absolute atomic E-state index is 0.136. The van der Waals surface area contributed by atoms with E-state index in [9.17, 15) is 4.79 Å². The number of aryl methyl sites for hydroxylation is 1. The van der Waals surface area contributed by atoms with E-state index in [2.05, 4.69) is 0 Å². The van der Waals surface area contributed by atoms with E-state index in [1.165, 1.54) is 0 Å². The van der Waals surface area contributed by atoms with Gasteiger partial charge in [-0.05, 0) is 29.7 Å². The predicted octanol–water partition coefficient (Wildman–Crippen LogP) is 3.29. The number of hydrogen-bond acceptors (Lipinski definition) is 3. The minimum atomic E-state index is -0.786. The van der Waals surface area contributed by atoms with Gasteiger partial charge in [0.25, 0.3) is 0 Å². The third kappa shape index (κ3) is 4.53. The average Bonchev–Trinajstić information content (AvgIpc) is 2.51. The second-order valence-corrected chi connectivity index (χ2v) is 4.65. The molecule has 0 amide bonds. The molecule has 1 N–H and O–H groups in total. The third-order valence-corrected chi connectivity index (χ3v) is 3.08. The molecule has 21 heavy (non-hydrogen) atoms. The molecule has 0 aliphatic rings. The lowest BCUT2D eigenvalue weighted by atomic mass is 10.1. The molecular weight excluding hydrogens is 268 g/mol. The van der Waals surface area contributed by atoms with Gasteiger partial charge in [0.1, 0.15) is 6.61 Å². The second kappa shape index (κ2) is 7.33. The van der Waals surface area contributed by atoms with Crippen LogP contribution >= 0.6 is 0 Å². The summed E-state index contributed by atoms with van der Waals surface area (Å²) in [6.07, 6.45) is 0.661. The first-order valence-corrected chi connectivity index (χ1v) is 6.74. The van der Waals surface area contributed by atoms with Gasteiger partial charge < -0.3 is 14.6 Å². The summed E-state index contributed by atoms with van der Waals surface area (Å²) in [5.74, 6) is 0.598. The van der Waals surface area contributed by atoms with E-state index >= 15 is 0 Å². The van der Waals surface area contributed by atoms with Crippen molar-refractivity contribution in [3.63, 3.8) is 0 Å². The zero-order chi connectivity index (χ0) is 15.1. The molecule has 0 atom stereocenters. The summed E-state index contributed by atoms with van der Waals surface area (Å²) < 4.78 is 11.0. The normalized spacial score (nSPS) is 10.1. The van der Waals surface area contributed by atoms with Crippen LogP contribution in [0.3, 0.4) is 0 Å². The van der Waals surface area contributed by atoms with E-state index in [0.717, 1.165) is 11.1 Å². The predicted molar refractivity (Wildman–Crippen MR) is 79.7 cm³/mol. The van der Waals surface area contributed by atoms with Crippen LogP contribution < -0.4 is 9.47 Å². The van der Waals surface area contributed by atoms with E-state index < -0.39 is 5.97 Å². The van der Waals surface area contributed by atoms with Crippen LogP contribution in [0, 0.1) is 0 Å². The number of hydrogen-bond donors (Lipinski definition) is 1. The van der Waals surface area contributed by atoms with Crippen LogP contribution in [0.1, 0.15) is 17.5 Å². The van der Waals surface area contributed by atoms with E-state index in [4.69, 9.17) is 14.6 Å². The maximum Gasteiger partial charge on any atom is 0.303 e. The van der Waals surface area contributed by atoms with Crippen LogP contribution in [0.25, 0.3) is 0 Å². The fourth-order valence-corrected chi connectivity index (χ4v) is 2.03. The van der Waals surface area contributed by atoms with E-state index in [0.29, 0.717) is 24.5 Å². The molecule has 110 valence electrons. The van der Waals surface area contributed by atoms with Gasteiger partial charge in [-0.3, -0.25) is 4.79 Å². The minimum Gasteiger partial charge on any atom is -0.493 e. The van der Waals surface area contributed by atoms with Crippen molar-refractivity contribution in [1.29, 1.82) is 0 Å². The molecule has 0 bridgehead atoms. The Labute approximate surface area is 123 Å². The summed E-state index contributed by atoms with van der Waals surface area (Å²) in [7, 11) is 1.61. The Hall–Kier alpha value is -2.49. The number of carboxylic acids is 1. The van der Waals surface area contributed by atoms with Crippen LogP contribution in [0.4, 0.5) is 0 Å². The fraction of sp³-hybridized carbons (Fsp3) is 0.235. The Balaban J connectivity index is 1.99. The number of carboxylic acid groups (broad SMARTS) is 1. The monoisotopic (exact) mass is 286 g/mol. The summed E-state index contributed by atoms with van der Waals surface area (Å²) in [6.45, 7) is 0.418. The van der Waals surface area contributed by atoms with Gasteiger partial charge in [0.15, 0.2) is 11.5 Å². The first kappa shape index (κ1) is 14.9. The number of rotatable bonds is 7. The van der Waals surface area contributed by atoms with Crippen molar-refractivity contribution in [1.82, 2.24) is 0 Å². The van der Waals surface area contributed by atoms with Gasteiger partial charge in [0, 0.05) is 6.42 Å². The zero-order valence-corrected chi connectivity index (χ0v) is 11.9. The highest BCUT2D eigenvalue weighted by Gasteiger charge is 2.04. The molecule has 2 aromatic carbocycles. The molecule has 4 heteroatoms. The highest BCUT2D eigenvalue weighted by Crippen LogP contribution is 2.26. The fourth-order valence-electron chi connectivity index (χ4n) is 2.03. The van der Waals surface area contributed by atoms with Gasteiger partial charge in [-0.25, -0.2) is 0 Å². The van der Waals surface area contributed by atoms with Crippen molar-refractivity contribution in [2.75, 3.05) is 7.11 Å². The van der Waals surface area contributed by atoms with Crippen molar-refractivity contribution in [2.45, 2.75) is 19.4 Å². The molecule has 0 aliphatic heterocycles. The topological polar surface area (TPSA) is 55.8 Å². The number of para-hydroxylation sites is 2. The highest BCUT2D eigenvalue weighted by molar-refractivity contribution is 5.67. The molecule has 0 saturated carbocycles. The Bertz CT molecular complexity index is 607. The van der Waals surface area contributed by atoms with E-state index in [-0.39, 0.29) is 6.42 Å². The smallest absolute Gasteiger partial charge is 0.303 e. The van der Waals surface area contributed by atoms with Crippen molar-refractivity contribution >= 4 is 5.97 Å². The lowest BCUT2D eigenvalue weighted by Crippen LogP contribution is -2.00. The van der Waals surface area contributed by atoms with Crippen LogP contribution in [-0.2, 0) is 17.8 Å². The second-order valence-electron chi connectivity index (χ2n) is 4.65. The molecule has 0 radical (unpaired) electrons. The number of benzene rings is 2. The summed E-state index contributed by atoms with van der Waals surface area (Å²) >= 11 is 0. The van der Waals surface area contributed by atoms with Gasteiger partial charge >= 0.3 is 5.97 Å². The van der Waals surface area contributed by atoms with E-state index in [1.54, 1.807) is 7.11 Å². The lowest BCUT2D eigenvalue weighted by molar-refractivity contribution is -0.136. The third-order valence-electron chi connectivity index (χ3n) is 3.08. The lowest BCUT2D eigenvalue weighted by Gasteiger charge is -2.11. The van der Waals surface area contributed by atoms with Crippen LogP contribution in [0.15, 0.2) is 48.5 Å². The summed E-state index contributed by atoms with van der Waals surface area (Å²) in [4.78, 5) is 10.6. The van der Waals surface area contributed by atoms with Gasteiger partial charge in [-0.1, -0.05) is 36.4 Å². The van der Waals surface area contributed by atoms with Gasteiger partial charge in [-0.2, -0.15) is 0 Å². The number of aliphatic carboxylic acids is 1. The Morgan fingerprint density at radius 3 is 2.48 bits per heavy atom. The quantitative estimate of drug-likeness (QED) is 0.848. The molecule has 4 nitrogen and oxygen atoms in total. The van der Waals surface area contributed by atoms with Crippen LogP contribution in [0.2, 0.25) is 0 Å². The first-order chi connectivity index (χ1) is 10.2. The molecule has 0 heterocycles. The average molecular weight is 286 g/mol. The number of methoxy groups -OCH3 is 1. The number of carbonyl (C=O) groups is 1. The Morgan fingerprint density at radius 1 is 1.05 bits per heavy atom. The van der Waals surface area contributed by atoms with Crippen molar-refractivity contribution in [2.24, 2.45) is 0 Å². The molecule has 0 aromatic heterocycles. The zero-order valence-electron chi connectivity index (χ0n) is 11.9. The molecule has 0 unspecified atom stereocenters. The maximum absolute atomic E-state index is 10.6. The Kier molecular flexibility index (Phi) is 5.21. The molecule has 0 saturated heterocycles. The molecule has 0 spiro atoms. The van der Waals surface area contributed by atoms with E-state index in [1.807, 2.05) is 48.5 Å². The summed E-state index contributed by atoms with van der Waals surface area (Å²) in [5.41, 5.74) is 2.00. The first-order valence-electron chi connectivity index (χ1n) is 6.74. The molecule has 0 fully saturated rings. The van der Waals surface area contributed by atoms with Crippen molar-refractivity contribution < 1.29 is 19.4 Å². The number of ether oxygens (including phenoxy) is 2. The Morgan fingerprint density at radius 2 is 1.76 bits per heavy atom. The van der Waals surface area contributed by atoms with Gasteiger partial charge in [-0.15, -0.1) is 0 Å². The standard InChI is InChI=1S/C17H18O4/c1-20-15-7-2-3-8-16(15)21-12-14-6-4-5-13(11-14)9-10-17(18)19/h2-8,11H,9-10,12H2,1H3,(H,18,19). The van der Waals surface area contributed by atoms with Crippen molar-refractivity contribution in [3.8, 4) is 11.5 Å². The molecule has 2 rings (SSSR count). The molecular formula is C17H18O4. The largest absolute Gasteiger partial charge is 0.493 e. The summed E-state index contributed by atoms with van der Waals surface area (Å²) in [5, 5.41) is 8.72. The van der Waals surface area contributed by atoms with Crippen molar-refractivity contribution in [3.05, 3.63) is 59.7 Å². The molecule has 0 aliphatic carbocycles. The molecule has 2 aromatic rings. The van der Waals surface area contributed by atoms with Crippen LogP contribution in [-0.4, -0.2) is 18.2 Å². The van der Waals surface area contributed by atoms with Gasteiger partial charge in [0.2, 0.25) is 0 Å².